The maximum Gasteiger partial charge on any atom is 0.340 e. The average Bonchev–Trinajstić information content (AvgIpc) is 2.69. The molecule has 3 rings (SSSR count). The molecule has 2 amide bonds. The number of hydrogen-bond acceptors (Lipinski definition) is 5. The lowest BCUT2D eigenvalue weighted by molar-refractivity contribution is -0.281. The smallest absolute Gasteiger partial charge is 0.340 e. The lowest BCUT2D eigenvalue weighted by atomic mass is 10.0. The standard InChI is InChI=1S/C20H28N2O5/c1-2-3-13-25-18(23)16-7-4-5-8-17(16)21-19(24)22-11-9-20(10-12-22)26-14-6-15-27-20/h4-5,7-8H,2-3,6,9-15H2,1H3,(H,21,24). The van der Waals surface area contributed by atoms with E-state index >= 15 is 0 Å². The van der Waals surface area contributed by atoms with Gasteiger partial charge in [-0.15, -0.1) is 0 Å². The summed E-state index contributed by atoms with van der Waals surface area (Å²) in [7, 11) is 0. The Balaban J connectivity index is 1.57. The molecule has 2 heterocycles. The Hall–Kier alpha value is -2.12. The number of carbonyl (C=O) groups excluding carboxylic acids is 2. The van der Waals surface area contributed by atoms with E-state index in [-0.39, 0.29) is 6.03 Å². The van der Waals surface area contributed by atoms with Crippen LogP contribution in [0.3, 0.4) is 0 Å². The van der Waals surface area contributed by atoms with Gasteiger partial charge in [-0.3, -0.25) is 0 Å². The fourth-order valence-electron chi connectivity index (χ4n) is 3.31. The van der Waals surface area contributed by atoms with Crippen LogP contribution in [0.2, 0.25) is 0 Å². The molecule has 0 atom stereocenters. The molecule has 1 aromatic rings. The predicted octanol–water partition coefficient (Wildman–Crippen LogP) is 3.40. The van der Waals surface area contributed by atoms with Crippen LogP contribution < -0.4 is 5.32 Å². The summed E-state index contributed by atoms with van der Waals surface area (Å²) in [5, 5.41) is 2.85. The van der Waals surface area contributed by atoms with Crippen LogP contribution >= 0.6 is 0 Å². The number of benzene rings is 1. The maximum atomic E-state index is 12.7. The molecule has 2 aliphatic heterocycles. The average molecular weight is 376 g/mol. The van der Waals surface area contributed by atoms with Gasteiger partial charge in [0.15, 0.2) is 5.79 Å². The Morgan fingerprint density at radius 2 is 1.89 bits per heavy atom. The van der Waals surface area contributed by atoms with Crippen molar-refractivity contribution in [3.63, 3.8) is 0 Å². The van der Waals surface area contributed by atoms with Crippen LogP contribution in [0.5, 0.6) is 0 Å². The molecule has 1 N–H and O–H groups in total. The second kappa shape index (κ2) is 9.19. The van der Waals surface area contributed by atoms with Gasteiger partial charge in [-0.05, 0) is 25.0 Å². The number of ether oxygens (including phenoxy) is 3. The number of amides is 2. The molecule has 1 aromatic carbocycles. The molecular weight excluding hydrogens is 348 g/mol. The highest BCUT2D eigenvalue weighted by Crippen LogP contribution is 2.31. The molecule has 0 unspecified atom stereocenters. The minimum absolute atomic E-state index is 0.227. The summed E-state index contributed by atoms with van der Waals surface area (Å²) in [4.78, 5) is 26.7. The first-order valence-electron chi connectivity index (χ1n) is 9.73. The molecule has 7 heteroatoms. The quantitative estimate of drug-likeness (QED) is 0.629. The largest absolute Gasteiger partial charge is 0.462 e. The Labute approximate surface area is 160 Å². The predicted molar refractivity (Wildman–Crippen MR) is 101 cm³/mol. The highest BCUT2D eigenvalue weighted by atomic mass is 16.7. The third kappa shape index (κ3) is 4.99. The fraction of sp³-hybridized carbons (Fsp3) is 0.600. The number of para-hydroxylation sites is 1. The molecule has 0 radical (unpaired) electrons. The zero-order chi connectivity index (χ0) is 19.1. The van der Waals surface area contributed by atoms with E-state index in [1.165, 1.54) is 0 Å². The number of piperidine rings is 1. The third-order valence-electron chi connectivity index (χ3n) is 4.95. The van der Waals surface area contributed by atoms with Gasteiger partial charge in [0.25, 0.3) is 0 Å². The van der Waals surface area contributed by atoms with Gasteiger partial charge in [-0.25, -0.2) is 9.59 Å². The summed E-state index contributed by atoms with van der Waals surface area (Å²) in [6.07, 6.45) is 3.99. The summed E-state index contributed by atoms with van der Waals surface area (Å²) in [5.41, 5.74) is 0.837. The van der Waals surface area contributed by atoms with Crippen molar-refractivity contribution in [2.75, 3.05) is 38.2 Å². The SMILES string of the molecule is CCCCOC(=O)c1ccccc1NC(=O)N1CCC2(CC1)OCCCO2. The highest BCUT2D eigenvalue weighted by molar-refractivity contribution is 6.00. The number of likely N-dealkylation sites (tertiary alicyclic amines) is 1. The van der Waals surface area contributed by atoms with E-state index in [4.69, 9.17) is 14.2 Å². The van der Waals surface area contributed by atoms with Crippen molar-refractivity contribution in [3.05, 3.63) is 29.8 Å². The van der Waals surface area contributed by atoms with E-state index < -0.39 is 11.8 Å². The van der Waals surface area contributed by atoms with Crippen molar-refractivity contribution in [1.82, 2.24) is 4.90 Å². The molecule has 2 aliphatic rings. The number of carbonyl (C=O) groups is 2. The lowest BCUT2D eigenvalue weighted by Crippen LogP contribution is -2.52. The summed E-state index contributed by atoms with van der Waals surface area (Å²) in [6.45, 7) is 4.93. The Kier molecular flexibility index (Phi) is 6.68. The van der Waals surface area contributed by atoms with Gasteiger partial charge in [0, 0.05) is 25.9 Å². The third-order valence-corrected chi connectivity index (χ3v) is 4.95. The second-order valence-electron chi connectivity index (χ2n) is 6.91. The number of nitrogens with zero attached hydrogens (tertiary/aromatic N) is 1. The highest BCUT2D eigenvalue weighted by Gasteiger charge is 2.39. The zero-order valence-electron chi connectivity index (χ0n) is 15.9. The molecule has 0 bridgehead atoms. The molecule has 0 saturated carbocycles. The molecule has 148 valence electrons. The number of unbranched alkanes of at least 4 members (excludes halogenated alkanes) is 1. The van der Waals surface area contributed by atoms with Crippen LogP contribution in [0.4, 0.5) is 10.5 Å². The van der Waals surface area contributed by atoms with Crippen LogP contribution in [-0.4, -0.2) is 55.6 Å². The Morgan fingerprint density at radius 3 is 2.59 bits per heavy atom. The minimum Gasteiger partial charge on any atom is -0.462 e. The van der Waals surface area contributed by atoms with Crippen molar-refractivity contribution >= 4 is 17.7 Å². The molecule has 0 aliphatic carbocycles. The molecule has 0 aromatic heterocycles. The van der Waals surface area contributed by atoms with Crippen molar-refractivity contribution < 1.29 is 23.8 Å². The first kappa shape index (κ1) is 19.6. The van der Waals surface area contributed by atoms with Crippen LogP contribution in [0.1, 0.15) is 49.4 Å². The van der Waals surface area contributed by atoms with Gasteiger partial charge >= 0.3 is 12.0 Å². The van der Waals surface area contributed by atoms with Crippen LogP contribution in [0.25, 0.3) is 0 Å². The van der Waals surface area contributed by atoms with Gasteiger partial charge < -0.3 is 24.4 Å². The molecule has 1 spiro atoms. The van der Waals surface area contributed by atoms with E-state index in [2.05, 4.69) is 5.32 Å². The van der Waals surface area contributed by atoms with Crippen molar-refractivity contribution in [3.8, 4) is 0 Å². The molecule has 27 heavy (non-hydrogen) atoms. The van der Waals surface area contributed by atoms with Crippen LogP contribution in [-0.2, 0) is 14.2 Å². The monoisotopic (exact) mass is 376 g/mol. The van der Waals surface area contributed by atoms with Gasteiger partial charge in [-0.2, -0.15) is 0 Å². The number of anilines is 1. The first-order chi connectivity index (χ1) is 13.1. The van der Waals surface area contributed by atoms with Crippen molar-refractivity contribution in [1.29, 1.82) is 0 Å². The summed E-state index contributed by atoms with van der Waals surface area (Å²) in [5.74, 6) is -0.948. The van der Waals surface area contributed by atoms with Gasteiger partial charge in [0.05, 0.1) is 31.1 Å². The van der Waals surface area contributed by atoms with Gasteiger partial charge in [-0.1, -0.05) is 25.5 Å². The summed E-state index contributed by atoms with van der Waals surface area (Å²) >= 11 is 0. The lowest BCUT2D eigenvalue weighted by Gasteiger charge is -2.43. The van der Waals surface area contributed by atoms with Crippen molar-refractivity contribution in [2.24, 2.45) is 0 Å². The van der Waals surface area contributed by atoms with Gasteiger partial charge in [0.1, 0.15) is 0 Å². The second-order valence-corrected chi connectivity index (χ2v) is 6.91. The van der Waals surface area contributed by atoms with E-state index in [0.29, 0.717) is 57.0 Å². The number of hydrogen-bond donors (Lipinski definition) is 1. The molecule has 7 nitrogen and oxygen atoms in total. The summed E-state index contributed by atoms with van der Waals surface area (Å²) < 4.78 is 16.9. The normalized spacial score (nSPS) is 18.9. The Bertz CT molecular complexity index is 648. The van der Waals surface area contributed by atoms with E-state index in [1.807, 2.05) is 6.92 Å². The molecule has 2 saturated heterocycles. The Morgan fingerprint density at radius 1 is 1.19 bits per heavy atom. The van der Waals surface area contributed by atoms with Crippen LogP contribution in [0.15, 0.2) is 24.3 Å². The fourth-order valence-corrected chi connectivity index (χ4v) is 3.31. The minimum atomic E-state index is -0.532. The number of urea groups is 1. The number of esters is 1. The zero-order valence-corrected chi connectivity index (χ0v) is 15.9. The van der Waals surface area contributed by atoms with Crippen LogP contribution in [0, 0.1) is 0 Å². The summed E-state index contributed by atoms with van der Waals surface area (Å²) in [6, 6.07) is 6.70. The first-order valence-corrected chi connectivity index (χ1v) is 9.73. The van der Waals surface area contributed by atoms with E-state index in [9.17, 15) is 9.59 Å². The topological polar surface area (TPSA) is 77.1 Å². The number of nitrogens with one attached hydrogen (secondary N) is 1. The maximum absolute atomic E-state index is 12.7. The van der Waals surface area contributed by atoms with Crippen molar-refractivity contribution in [2.45, 2.75) is 44.8 Å². The number of rotatable bonds is 5. The molecule has 2 fully saturated rings. The van der Waals surface area contributed by atoms with E-state index in [1.54, 1.807) is 29.2 Å². The van der Waals surface area contributed by atoms with E-state index in [0.717, 1.165) is 19.3 Å². The van der Waals surface area contributed by atoms with Gasteiger partial charge in [0.2, 0.25) is 0 Å². The molecular formula is C20H28N2O5.